The number of rotatable bonds is 3. The van der Waals surface area contributed by atoms with Crippen molar-refractivity contribution in [3.63, 3.8) is 0 Å². The molecule has 4 heteroatoms. The Morgan fingerprint density at radius 2 is 2.33 bits per heavy atom. The Balaban J connectivity index is 2.27. The maximum Gasteiger partial charge on any atom is 0.0576 e. The SMILES string of the molecule is CCC(N)c1ccc(-c2cnn(C)c2)s1. The molecule has 2 aromatic rings. The maximum atomic E-state index is 5.98. The van der Waals surface area contributed by atoms with Gasteiger partial charge in [0.2, 0.25) is 0 Å². The van der Waals surface area contributed by atoms with E-state index in [9.17, 15) is 0 Å². The first-order valence-electron chi connectivity index (χ1n) is 5.05. The van der Waals surface area contributed by atoms with Crippen LogP contribution < -0.4 is 5.73 Å². The summed E-state index contributed by atoms with van der Waals surface area (Å²) < 4.78 is 1.81. The van der Waals surface area contributed by atoms with Gasteiger partial charge in [-0.15, -0.1) is 11.3 Å². The zero-order valence-corrected chi connectivity index (χ0v) is 9.79. The van der Waals surface area contributed by atoms with E-state index in [2.05, 4.69) is 24.2 Å². The normalized spacial score (nSPS) is 13.0. The highest BCUT2D eigenvalue weighted by molar-refractivity contribution is 7.15. The molecule has 0 saturated carbocycles. The number of nitrogens with zero attached hydrogens (tertiary/aromatic N) is 2. The van der Waals surface area contributed by atoms with Crippen molar-refractivity contribution in [1.82, 2.24) is 9.78 Å². The molecule has 2 aromatic heterocycles. The number of nitrogens with two attached hydrogens (primary N) is 1. The summed E-state index contributed by atoms with van der Waals surface area (Å²) >= 11 is 1.75. The predicted octanol–water partition coefficient (Wildman–Crippen LogP) is 2.56. The zero-order chi connectivity index (χ0) is 10.8. The summed E-state index contributed by atoms with van der Waals surface area (Å²) in [4.78, 5) is 2.48. The molecule has 0 bridgehead atoms. The van der Waals surface area contributed by atoms with Gasteiger partial charge in [0.25, 0.3) is 0 Å². The maximum absolute atomic E-state index is 5.98. The Morgan fingerprint density at radius 1 is 1.53 bits per heavy atom. The lowest BCUT2D eigenvalue weighted by atomic mass is 10.2. The molecule has 0 aliphatic carbocycles. The van der Waals surface area contributed by atoms with E-state index in [-0.39, 0.29) is 6.04 Å². The van der Waals surface area contributed by atoms with Crippen molar-refractivity contribution in [2.75, 3.05) is 0 Å². The van der Waals surface area contributed by atoms with Gasteiger partial charge >= 0.3 is 0 Å². The second-order valence-corrected chi connectivity index (χ2v) is 4.73. The summed E-state index contributed by atoms with van der Waals surface area (Å²) in [5.41, 5.74) is 7.14. The van der Waals surface area contributed by atoms with Crippen LogP contribution in [0.4, 0.5) is 0 Å². The monoisotopic (exact) mass is 221 g/mol. The second kappa shape index (κ2) is 4.16. The van der Waals surface area contributed by atoms with E-state index >= 15 is 0 Å². The van der Waals surface area contributed by atoms with E-state index < -0.39 is 0 Å². The highest BCUT2D eigenvalue weighted by atomic mass is 32.1. The van der Waals surface area contributed by atoms with Crippen molar-refractivity contribution in [3.05, 3.63) is 29.4 Å². The largest absolute Gasteiger partial charge is 0.323 e. The molecule has 0 fully saturated rings. The van der Waals surface area contributed by atoms with E-state index in [4.69, 9.17) is 5.73 Å². The Hall–Kier alpha value is -1.13. The van der Waals surface area contributed by atoms with Crippen LogP contribution in [0.3, 0.4) is 0 Å². The van der Waals surface area contributed by atoms with Gasteiger partial charge in [0.05, 0.1) is 6.20 Å². The fraction of sp³-hybridized carbons (Fsp3) is 0.364. The number of thiophene rings is 1. The highest BCUT2D eigenvalue weighted by Gasteiger charge is 2.08. The second-order valence-electron chi connectivity index (χ2n) is 3.62. The van der Waals surface area contributed by atoms with Crippen molar-refractivity contribution in [2.45, 2.75) is 19.4 Å². The minimum absolute atomic E-state index is 0.167. The van der Waals surface area contributed by atoms with Crippen molar-refractivity contribution < 1.29 is 0 Å². The molecule has 80 valence electrons. The van der Waals surface area contributed by atoms with Gasteiger partial charge in [0, 0.05) is 34.6 Å². The van der Waals surface area contributed by atoms with Crippen molar-refractivity contribution in [3.8, 4) is 10.4 Å². The minimum atomic E-state index is 0.167. The van der Waals surface area contributed by atoms with Crippen LogP contribution in [0.5, 0.6) is 0 Å². The number of hydrogen-bond acceptors (Lipinski definition) is 3. The summed E-state index contributed by atoms with van der Waals surface area (Å²) in [6.45, 7) is 2.11. The van der Waals surface area contributed by atoms with E-state index in [0.717, 1.165) is 12.0 Å². The summed E-state index contributed by atoms with van der Waals surface area (Å²) in [6.07, 6.45) is 4.88. The lowest BCUT2D eigenvalue weighted by Crippen LogP contribution is -2.05. The Morgan fingerprint density at radius 3 is 2.93 bits per heavy atom. The molecule has 1 atom stereocenters. The predicted molar refractivity (Wildman–Crippen MR) is 63.7 cm³/mol. The first-order chi connectivity index (χ1) is 7.20. The van der Waals surface area contributed by atoms with Crippen molar-refractivity contribution in [2.24, 2.45) is 12.8 Å². The highest BCUT2D eigenvalue weighted by Crippen LogP contribution is 2.31. The average Bonchev–Trinajstić information content (AvgIpc) is 2.84. The molecule has 15 heavy (non-hydrogen) atoms. The third-order valence-electron chi connectivity index (χ3n) is 2.42. The fourth-order valence-electron chi connectivity index (χ4n) is 1.46. The minimum Gasteiger partial charge on any atom is -0.323 e. The summed E-state index contributed by atoms with van der Waals surface area (Å²) in [7, 11) is 1.93. The zero-order valence-electron chi connectivity index (χ0n) is 8.97. The first kappa shape index (κ1) is 10.4. The van der Waals surface area contributed by atoms with Crippen molar-refractivity contribution in [1.29, 1.82) is 0 Å². The molecule has 0 radical (unpaired) electrons. The van der Waals surface area contributed by atoms with E-state index in [1.807, 2.05) is 24.1 Å². The third kappa shape index (κ3) is 2.11. The van der Waals surface area contributed by atoms with Gasteiger partial charge in [-0.05, 0) is 18.6 Å². The fourth-order valence-corrected chi connectivity index (χ4v) is 2.52. The van der Waals surface area contributed by atoms with Crippen molar-refractivity contribution >= 4 is 11.3 Å². The van der Waals surface area contributed by atoms with Crippen LogP contribution in [-0.4, -0.2) is 9.78 Å². The molecule has 3 nitrogen and oxygen atoms in total. The van der Waals surface area contributed by atoms with Gasteiger partial charge < -0.3 is 5.73 Å². The standard InChI is InChI=1S/C11H15N3S/c1-3-9(12)11-5-4-10(15-11)8-6-13-14(2)7-8/h4-7,9H,3,12H2,1-2H3. The van der Waals surface area contributed by atoms with Crippen LogP contribution >= 0.6 is 11.3 Å². The van der Waals surface area contributed by atoms with E-state index in [0.29, 0.717) is 0 Å². The van der Waals surface area contributed by atoms with Gasteiger partial charge in [-0.25, -0.2) is 0 Å². The number of aryl methyl sites for hydroxylation is 1. The molecule has 0 amide bonds. The lowest BCUT2D eigenvalue weighted by molar-refractivity contribution is 0.712. The van der Waals surface area contributed by atoms with Crippen LogP contribution in [0.1, 0.15) is 24.3 Å². The van der Waals surface area contributed by atoms with Gasteiger partial charge in [0.1, 0.15) is 0 Å². The van der Waals surface area contributed by atoms with E-state index in [1.165, 1.54) is 9.75 Å². The molecule has 0 spiro atoms. The van der Waals surface area contributed by atoms with Gasteiger partial charge in [-0.1, -0.05) is 6.92 Å². The van der Waals surface area contributed by atoms with E-state index in [1.54, 1.807) is 11.3 Å². The Bertz CT molecular complexity index is 444. The summed E-state index contributed by atoms with van der Waals surface area (Å²) in [5, 5.41) is 4.16. The Labute approximate surface area is 93.5 Å². The van der Waals surface area contributed by atoms with Gasteiger partial charge in [-0.2, -0.15) is 5.10 Å². The van der Waals surface area contributed by atoms with Crippen LogP contribution in [0, 0.1) is 0 Å². The number of hydrogen-bond donors (Lipinski definition) is 1. The molecule has 2 heterocycles. The molecular weight excluding hydrogens is 206 g/mol. The smallest absolute Gasteiger partial charge is 0.0576 e. The molecule has 0 aromatic carbocycles. The first-order valence-corrected chi connectivity index (χ1v) is 5.86. The number of aromatic nitrogens is 2. The van der Waals surface area contributed by atoms with Crippen LogP contribution in [0.25, 0.3) is 10.4 Å². The van der Waals surface area contributed by atoms with Gasteiger partial charge in [-0.3, -0.25) is 4.68 Å². The molecule has 0 saturated heterocycles. The van der Waals surface area contributed by atoms with Gasteiger partial charge in [0.15, 0.2) is 0 Å². The topological polar surface area (TPSA) is 43.8 Å². The summed E-state index contributed by atoms with van der Waals surface area (Å²) in [5.74, 6) is 0. The van der Waals surface area contributed by atoms with Crippen LogP contribution in [0.15, 0.2) is 24.5 Å². The molecular formula is C11H15N3S. The Kier molecular flexibility index (Phi) is 2.88. The quantitative estimate of drug-likeness (QED) is 0.865. The molecule has 0 aliphatic heterocycles. The average molecular weight is 221 g/mol. The molecule has 2 rings (SSSR count). The van der Waals surface area contributed by atoms with Crippen LogP contribution in [-0.2, 0) is 7.05 Å². The lowest BCUT2D eigenvalue weighted by Gasteiger charge is -2.03. The molecule has 2 N–H and O–H groups in total. The third-order valence-corrected chi connectivity index (χ3v) is 3.69. The molecule has 1 unspecified atom stereocenters. The summed E-state index contributed by atoms with van der Waals surface area (Å²) in [6, 6.07) is 4.40. The van der Waals surface area contributed by atoms with Crippen LogP contribution in [0.2, 0.25) is 0 Å². The molecule has 0 aliphatic rings.